The van der Waals surface area contributed by atoms with E-state index < -0.39 is 0 Å². The summed E-state index contributed by atoms with van der Waals surface area (Å²) in [6.07, 6.45) is 1.78. The van der Waals surface area contributed by atoms with Gasteiger partial charge in [-0.25, -0.2) is 4.98 Å². The Kier molecular flexibility index (Phi) is 3.75. The molecular weight excluding hydrogens is 280 g/mol. The maximum atomic E-state index is 4.33. The molecule has 0 amide bonds. The van der Waals surface area contributed by atoms with Gasteiger partial charge in [-0.1, -0.05) is 12.1 Å². The van der Waals surface area contributed by atoms with Gasteiger partial charge in [0.25, 0.3) is 0 Å². The van der Waals surface area contributed by atoms with Crippen LogP contribution in [0.2, 0.25) is 0 Å². The minimum absolute atomic E-state index is 0.828. The van der Waals surface area contributed by atoms with Gasteiger partial charge in [0.05, 0.1) is 0 Å². The van der Waals surface area contributed by atoms with Crippen molar-refractivity contribution in [3.8, 4) is 5.69 Å². The second-order valence-corrected chi connectivity index (χ2v) is 5.89. The molecule has 2 heterocycles. The zero-order valence-electron chi connectivity index (χ0n) is 12.2. The largest absolute Gasteiger partial charge is 0.274 e. The molecule has 0 saturated carbocycles. The molecule has 0 N–H and O–H groups in total. The first-order chi connectivity index (χ1) is 10.1. The van der Waals surface area contributed by atoms with E-state index in [4.69, 9.17) is 0 Å². The predicted molar refractivity (Wildman–Crippen MR) is 83.9 cm³/mol. The predicted octanol–water partition coefficient (Wildman–Crippen LogP) is 3.74. The van der Waals surface area contributed by atoms with Gasteiger partial charge in [0.15, 0.2) is 0 Å². The lowest BCUT2D eigenvalue weighted by Crippen LogP contribution is -2.00. The molecule has 1 aromatic carbocycles. The molecule has 0 aliphatic rings. The van der Waals surface area contributed by atoms with Gasteiger partial charge in [0.2, 0.25) is 5.16 Å². The average molecular weight is 296 g/mol. The summed E-state index contributed by atoms with van der Waals surface area (Å²) in [5.74, 6) is 0.872. The van der Waals surface area contributed by atoms with Crippen LogP contribution in [0.15, 0.2) is 52.8 Å². The average Bonchev–Trinajstić information content (AvgIpc) is 2.84. The Morgan fingerprint density at radius 2 is 1.81 bits per heavy atom. The first kappa shape index (κ1) is 13.8. The molecule has 5 heteroatoms. The lowest BCUT2D eigenvalue weighted by atomic mass is 10.1. The van der Waals surface area contributed by atoms with Crippen LogP contribution < -0.4 is 0 Å². The molecule has 0 aliphatic carbocycles. The van der Waals surface area contributed by atoms with Gasteiger partial charge in [0.1, 0.15) is 10.9 Å². The maximum Gasteiger partial charge on any atom is 0.202 e. The van der Waals surface area contributed by atoms with Crippen LogP contribution in [0, 0.1) is 20.8 Å². The molecule has 4 nitrogen and oxygen atoms in total. The molecule has 21 heavy (non-hydrogen) atoms. The Labute approximate surface area is 128 Å². The molecule has 2 aromatic heterocycles. The topological polar surface area (TPSA) is 43.6 Å². The molecule has 0 fully saturated rings. The number of pyridine rings is 1. The summed E-state index contributed by atoms with van der Waals surface area (Å²) in [5.41, 5.74) is 3.62. The second-order valence-electron chi connectivity index (χ2n) is 4.90. The number of hydrogen-bond acceptors (Lipinski definition) is 4. The van der Waals surface area contributed by atoms with Crippen molar-refractivity contribution >= 4 is 11.8 Å². The van der Waals surface area contributed by atoms with Crippen LogP contribution in [0.5, 0.6) is 0 Å². The number of hydrogen-bond donors (Lipinski definition) is 0. The molecule has 3 aromatic rings. The minimum Gasteiger partial charge on any atom is -0.274 e. The first-order valence-corrected chi connectivity index (χ1v) is 7.55. The highest BCUT2D eigenvalue weighted by Crippen LogP contribution is 2.27. The number of nitrogens with zero attached hydrogens (tertiary/aromatic N) is 4. The molecule has 3 rings (SSSR count). The van der Waals surface area contributed by atoms with E-state index in [2.05, 4.69) is 51.8 Å². The third kappa shape index (κ3) is 2.83. The monoisotopic (exact) mass is 296 g/mol. The highest BCUT2D eigenvalue weighted by molar-refractivity contribution is 7.99. The molecule has 106 valence electrons. The molecule has 0 saturated heterocycles. The molecule has 0 spiro atoms. The van der Waals surface area contributed by atoms with Crippen molar-refractivity contribution in [1.82, 2.24) is 19.7 Å². The summed E-state index contributed by atoms with van der Waals surface area (Å²) in [6.45, 7) is 6.19. The second kappa shape index (κ2) is 5.69. The van der Waals surface area contributed by atoms with E-state index in [1.54, 1.807) is 6.20 Å². The standard InChI is InChI=1S/C16H16N4S/c1-11-7-8-14(10-12(11)2)20-13(3)18-19-16(20)21-15-6-4-5-9-17-15/h4-10H,1-3H3. The van der Waals surface area contributed by atoms with Crippen molar-refractivity contribution in [3.05, 3.63) is 59.5 Å². The normalized spacial score (nSPS) is 10.8. The van der Waals surface area contributed by atoms with Crippen molar-refractivity contribution in [2.24, 2.45) is 0 Å². The van der Waals surface area contributed by atoms with E-state index in [0.29, 0.717) is 0 Å². The number of aromatic nitrogens is 4. The van der Waals surface area contributed by atoms with Crippen molar-refractivity contribution in [2.45, 2.75) is 31.0 Å². The van der Waals surface area contributed by atoms with E-state index in [9.17, 15) is 0 Å². The molecule has 0 atom stereocenters. The van der Waals surface area contributed by atoms with Gasteiger partial charge in [-0.2, -0.15) is 0 Å². The summed E-state index contributed by atoms with van der Waals surface area (Å²) >= 11 is 1.52. The Balaban J connectivity index is 2.02. The number of rotatable bonds is 3. The Morgan fingerprint density at radius 3 is 2.52 bits per heavy atom. The van der Waals surface area contributed by atoms with E-state index in [0.717, 1.165) is 21.7 Å². The van der Waals surface area contributed by atoms with Crippen molar-refractivity contribution in [2.75, 3.05) is 0 Å². The van der Waals surface area contributed by atoms with Gasteiger partial charge < -0.3 is 0 Å². The fraction of sp³-hybridized carbons (Fsp3) is 0.188. The zero-order valence-corrected chi connectivity index (χ0v) is 13.1. The maximum absolute atomic E-state index is 4.33. The molecular formula is C16H16N4S. The van der Waals surface area contributed by atoms with E-state index in [1.807, 2.05) is 25.1 Å². The van der Waals surface area contributed by atoms with Gasteiger partial charge >= 0.3 is 0 Å². The Morgan fingerprint density at radius 1 is 0.952 bits per heavy atom. The van der Waals surface area contributed by atoms with Crippen molar-refractivity contribution in [3.63, 3.8) is 0 Å². The van der Waals surface area contributed by atoms with E-state index >= 15 is 0 Å². The SMILES string of the molecule is Cc1ccc(-n2c(C)nnc2Sc2ccccn2)cc1C. The highest BCUT2D eigenvalue weighted by Gasteiger charge is 2.13. The van der Waals surface area contributed by atoms with Gasteiger partial charge in [-0.3, -0.25) is 4.57 Å². The highest BCUT2D eigenvalue weighted by atomic mass is 32.2. The summed E-state index contributed by atoms with van der Waals surface area (Å²) in [5, 5.41) is 10.2. The Hall–Kier alpha value is -2.14. The number of benzene rings is 1. The molecule has 0 unspecified atom stereocenters. The molecule has 0 aliphatic heterocycles. The van der Waals surface area contributed by atoms with Crippen LogP contribution in [0.1, 0.15) is 17.0 Å². The third-order valence-electron chi connectivity index (χ3n) is 3.38. The quantitative estimate of drug-likeness (QED) is 0.738. The van der Waals surface area contributed by atoms with Crippen LogP contribution in [-0.2, 0) is 0 Å². The lowest BCUT2D eigenvalue weighted by Gasteiger charge is -2.10. The van der Waals surface area contributed by atoms with E-state index in [1.165, 1.54) is 22.9 Å². The van der Waals surface area contributed by atoms with Crippen molar-refractivity contribution in [1.29, 1.82) is 0 Å². The fourth-order valence-corrected chi connectivity index (χ4v) is 2.93. The van der Waals surface area contributed by atoms with Gasteiger partial charge in [0, 0.05) is 11.9 Å². The smallest absolute Gasteiger partial charge is 0.202 e. The van der Waals surface area contributed by atoms with E-state index in [-0.39, 0.29) is 0 Å². The summed E-state index contributed by atoms with van der Waals surface area (Å²) in [6, 6.07) is 12.2. The molecule has 0 bridgehead atoms. The first-order valence-electron chi connectivity index (χ1n) is 6.73. The van der Waals surface area contributed by atoms with Crippen molar-refractivity contribution < 1.29 is 0 Å². The van der Waals surface area contributed by atoms with Crippen LogP contribution in [0.4, 0.5) is 0 Å². The lowest BCUT2D eigenvalue weighted by molar-refractivity contribution is 0.864. The van der Waals surface area contributed by atoms with Crippen LogP contribution >= 0.6 is 11.8 Å². The summed E-state index contributed by atoms with van der Waals surface area (Å²) in [4.78, 5) is 4.33. The number of aryl methyl sites for hydroxylation is 3. The Bertz CT molecular complexity index is 765. The zero-order chi connectivity index (χ0) is 14.8. The van der Waals surface area contributed by atoms with Gasteiger partial charge in [-0.15, -0.1) is 10.2 Å². The fourth-order valence-electron chi connectivity index (χ4n) is 2.07. The van der Waals surface area contributed by atoms with Crippen LogP contribution in [0.3, 0.4) is 0 Å². The summed E-state index contributed by atoms with van der Waals surface area (Å²) < 4.78 is 2.06. The minimum atomic E-state index is 0.828. The van der Waals surface area contributed by atoms with Crippen LogP contribution in [0.25, 0.3) is 5.69 Å². The van der Waals surface area contributed by atoms with Crippen LogP contribution in [-0.4, -0.2) is 19.7 Å². The molecule has 0 radical (unpaired) electrons. The van der Waals surface area contributed by atoms with Gasteiger partial charge in [-0.05, 0) is 67.9 Å². The third-order valence-corrected chi connectivity index (χ3v) is 4.27. The summed E-state index contributed by atoms with van der Waals surface area (Å²) in [7, 11) is 0.